The van der Waals surface area contributed by atoms with Gasteiger partial charge in [-0.1, -0.05) is 20.8 Å². The van der Waals surface area contributed by atoms with Crippen molar-refractivity contribution in [3.05, 3.63) is 30.2 Å². The molecule has 0 unspecified atom stereocenters. The van der Waals surface area contributed by atoms with Crippen molar-refractivity contribution >= 4 is 0 Å². The Morgan fingerprint density at radius 2 is 2.15 bits per heavy atom. The van der Waals surface area contributed by atoms with Crippen molar-refractivity contribution in [2.24, 2.45) is 0 Å². The third-order valence-electron chi connectivity index (χ3n) is 2.67. The van der Waals surface area contributed by atoms with Gasteiger partial charge in [-0.25, -0.2) is 0 Å². The van der Waals surface area contributed by atoms with Gasteiger partial charge >= 0.3 is 0 Å². The molecule has 0 saturated carbocycles. The smallest absolute Gasteiger partial charge is 0.239 e. The van der Waals surface area contributed by atoms with Gasteiger partial charge in [0.25, 0.3) is 0 Å². The predicted octanol–water partition coefficient (Wildman–Crippen LogP) is 2.37. The summed E-state index contributed by atoms with van der Waals surface area (Å²) in [6.45, 7) is 7.89. The first kappa shape index (κ1) is 14.5. The van der Waals surface area contributed by atoms with E-state index in [9.17, 15) is 0 Å². The number of rotatable bonds is 7. The van der Waals surface area contributed by atoms with E-state index in [2.05, 4.69) is 41.4 Å². The Morgan fingerprint density at radius 1 is 1.30 bits per heavy atom. The molecule has 2 aromatic rings. The van der Waals surface area contributed by atoms with Crippen LogP contribution in [-0.2, 0) is 13.1 Å². The monoisotopic (exact) mass is 275 g/mol. The highest BCUT2D eigenvalue weighted by molar-refractivity contribution is 5.21. The normalized spacial score (nSPS) is 11.0. The third kappa shape index (κ3) is 4.31. The second-order valence-electron chi connectivity index (χ2n) is 4.94. The zero-order chi connectivity index (χ0) is 14.4. The molecule has 0 atom stereocenters. The van der Waals surface area contributed by atoms with Crippen LogP contribution in [0.1, 0.15) is 32.9 Å². The topological polar surface area (TPSA) is 64.9 Å². The molecule has 108 valence electrons. The maximum atomic E-state index is 5.61. The number of nitrogens with zero attached hydrogens (tertiary/aromatic N) is 4. The highest BCUT2D eigenvalue weighted by Gasteiger charge is 2.04. The minimum atomic E-state index is 0.428. The van der Waals surface area contributed by atoms with Crippen LogP contribution in [0, 0.1) is 0 Å². The van der Waals surface area contributed by atoms with Gasteiger partial charge in [-0.15, -0.1) is 5.10 Å². The quantitative estimate of drug-likeness (QED) is 0.840. The molecule has 0 aliphatic carbocycles. The lowest BCUT2D eigenvalue weighted by Gasteiger charge is -2.07. The van der Waals surface area contributed by atoms with Crippen molar-refractivity contribution in [2.75, 3.05) is 0 Å². The molecular formula is C14H21N5O. The van der Waals surface area contributed by atoms with Gasteiger partial charge in [0.1, 0.15) is 0 Å². The minimum absolute atomic E-state index is 0.428. The van der Waals surface area contributed by atoms with Crippen LogP contribution >= 0.6 is 0 Å². The number of ether oxygens (including phenoxy) is 1. The van der Waals surface area contributed by atoms with Gasteiger partial charge in [0, 0.05) is 25.2 Å². The summed E-state index contributed by atoms with van der Waals surface area (Å²) in [4.78, 5) is 0. The molecule has 0 aromatic carbocycles. The van der Waals surface area contributed by atoms with Crippen molar-refractivity contribution in [3.8, 4) is 11.6 Å². The minimum Gasteiger partial charge on any atom is -0.434 e. The van der Waals surface area contributed by atoms with E-state index in [1.807, 2.05) is 23.0 Å². The Hall–Kier alpha value is -1.95. The van der Waals surface area contributed by atoms with E-state index in [1.54, 1.807) is 6.20 Å². The van der Waals surface area contributed by atoms with Crippen LogP contribution in [0.2, 0.25) is 0 Å². The molecule has 0 aliphatic heterocycles. The van der Waals surface area contributed by atoms with Crippen LogP contribution in [0.15, 0.2) is 24.5 Å². The summed E-state index contributed by atoms with van der Waals surface area (Å²) >= 11 is 0. The number of hydrogen-bond acceptors (Lipinski definition) is 5. The fraction of sp³-hybridized carbons (Fsp3) is 0.500. The Kier molecular flexibility index (Phi) is 5.06. The van der Waals surface area contributed by atoms with Gasteiger partial charge < -0.3 is 10.1 Å². The van der Waals surface area contributed by atoms with E-state index in [-0.39, 0.29) is 0 Å². The number of hydrogen-bond donors (Lipinski definition) is 1. The number of nitrogens with one attached hydrogen (secondary N) is 1. The first-order valence-electron chi connectivity index (χ1n) is 6.93. The summed E-state index contributed by atoms with van der Waals surface area (Å²) in [7, 11) is 0. The SMILES string of the molecule is CCCn1cc(Oc2ccc(CNC(C)C)nn2)cn1. The summed E-state index contributed by atoms with van der Waals surface area (Å²) < 4.78 is 7.46. The Morgan fingerprint density at radius 3 is 2.80 bits per heavy atom. The number of aromatic nitrogens is 4. The van der Waals surface area contributed by atoms with Crippen molar-refractivity contribution in [2.45, 2.75) is 46.3 Å². The van der Waals surface area contributed by atoms with Gasteiger partial charge in [0.2, 0.25) is 5.88 Å². The molecule has 0 saturated heterocycles. The van der Waals surface area contributed by atoms with Crippen LogP contribution in [0.25, 0.3) is 0 Å². The van der Waals surface area contributed by atoms with E-state index in [0.717, 1.165) is 18.7 Å². The lowest BCUT2D eigenvalue weighted by molar-refractivity contribution is 0.451. The van der Waals surface area contributed by atoms with E-state index in [0.29, 0.717) is 24.2 Å². The molecular weight excluding hydrogens is 254 g/mol. The van der Waals surface area contributed by atoms with Gasteiger partial charge in [0.05, 0.1) is 18.1 Å². The van der Waals surface area contributed by atoms with Crippen molar-refractivity contribution < 1.29 is 4.74 Å². The Bertz CT molecular complexity index is 521. The molecule has 0 radical (unpaired) electrons. The first-order chi connectivity index (χ1) is 9.67. The van der Waals surface area contributed by atoms with Crippen molar-refractivity contribution in [1.29, 1.82) is 0 Å². The van der Waals surface area contributed by atoms with Crippen molar-refractivity contribution in [1.82, 2.24) is 25.3 Å². The fourth-order valence-electron chi connectivity index (χ4n) is 1.67. The Balaban J connectivity index is 1.92. The van der Waals surface area contributed by atoms with Crippen LogP contribution in [0.3, 0.4) is 0 Å². The van der Waals surface area contributed by atoms with Crippen molar-refractivity contribution in [3.63, 3.8) is 0 Å². The first-order valence-corrected chi connectivity index (χ1v) is 6.93. The standard InChI is InChI=1S/C14H21N5O/c1-4-7-19-10-13(9-16-19)20-14-6-5-12(17-18-14)8-15-11(2)3/h5-6,9-11,15H,4,7-8H2,1-3H3. The molecule has 0 aliphatic rings. The van der Waals surface area contributed by atoms with E-state index in [1.165, 1.54) is 0 Å². The second kappa shape index (κ2) is 7.00. The molecule has 2 rings (SSSR count). The zero-order valence-corrected chi connectivity index (χ0v) is 12.2. The molecule has 2 aromatic heterocycles. The molecule has 0 fully saturated rings. The molecule has 0 bridgehead atoms. The molecule has 20 heavy (non-hydrogen) atoms. The van der Waals surface area contributed by atoms with Gasteiger partial charge in [-0.3, -0.25) is 4.68 Å². The van der Waals surface area contributed by atoms with Crippen LogP contribution in [0.4, 0.5) is 0 Å². The highest BCUT2D eigenvalue weighted by atomic mass is 16.5. The molecule has 6 nitrogen and oxygen atoms in total. The van der Waals surface area contributed by atoms with Crippen LogP contribution in [0.5, 0.6) is 11.6 Å². The van der Waals surface area contributed by atoms with E-state index >= 15 is 0 Å². The summed E-state index contributed by atoms with van der Waals surface area (Å²) in [6.07, 6.45) is 4.59. The molecule has 0 spiro atoms. The lowest BCUT2D eigenvalue weighted by atomic mass is 10.3. The molecule has 6 heteroatoms. The summed E-state index contributed by atoms with van der Waals surface area (Å²) in [5.74, 6) is 1.16. The lowest BCUT2D eigenvalue weighted by Crippen LogP contribution is -2.22. The van der Waals surface area contributed by atoms with Crippen LogP contribution < -0.4 is 10.1 Å². The van der Waals surface area contributed by atoms with Gasteiger partial charge in [-0.2, -0.15) is 10.2 Å². The average Bonchev–Trinajstić information content (AvgIpc) is 2.86. The largest absolute Gasteiger partial charge is 0.434 e. The molecule has 2 heterocycles. The summed E-state index contributed by atoms with van der Waals surface area (Å²) in [5.41, 5.74) is 0.896. The van der Waals surface area contributed by atoms with Crippen LogP contribution in [-0.4, -0.2) is 26.0 Å². The zero-order valence-electron chi connectivity index (χ0n) is 12.2. The summed E-state index contributed by atoms with van der Waals surface area (Å²) in [6, 6.07) is 4.16. The number of aryl methyl sites for hydroxylation is 1. The Labute approximate surface area is 119 Å². The average molecular weight is 275 g/mol. The molecule has 0 amide bonds. The molecule has 1 N–H and O–H groups in total. The highest BCUT2D eigenvalue weighted by Crippen LogP contribution is 2.17. The maximum absolute atomic E-state index is 5.61. The van der Waals surface area contributed by atoms with E-state index < -0.39 is 0 Å². The second-order valence-corrected chi connectivity index (χ2v) is 4.94. The van der Waals surface area contributed by atoms with Gasteiger partial charge in [-0.05, 0) is 12.5 Å². The summed E-state index contributed by atoms with van der Waals surface area (Å²) in [5, 5.41) is 15.7. The third-order valence-corrected chi connectivity index (χ3v) is 2.67. The maximum Gasteiger partial charge on any atom is 0.239 e. The fourth-order valence-corrected chi connectivity index (χ4v) is 1.67. The predicted molar refractivity (Wildman–Crippen MR) is 76.6 cm³/mol. The van der Waals surface area contributed by atoms with Gasteiger partial charge in [0.15, 0.2) is 5.75 Å². The van der Waals surface area contributed by atoms with E-state index in [4.69, 9.17) is 4.74 Å².